The molecular weight excluding hydrogens is 250 g/mol. The Balaban J connectivity index is 1.80. The molecule has 1 N–H and O–H groups in total. The second-order valence-corrected chi connectivity index (χ2v) is 5.66. The molecule has 0 amide bonds. The van der Waals surface area contributed by atoms with E-state index in [-0.39, 0.29) is 0 Å². The topological polar surface area (TPSA) is 32.7 Å². The largest absolute Gasteiger partial charge is 0.361 e. The Bertz CT molecular complexity index is 422. The molecule has 2 aliphatic heterocycles. The van der Waals surface area contributed by atoms with E-state index in [0.717, 1.165) is 12.1 Å². The summed E-state index contributed by atoms with van der Waals surface area (Å²) in [5.74, 6) is -1.18. The Kier molecular flexibility index (Phi) is 3.32. The second-order valence-electron chi connectivity index (χ2n) is 5.22. The summed E-state index contributed by atoms with van der Waals surface area (Å²) in [7, 11) is 0. The number of hydrogen-bond donors (Lipinski definition) is 1. The fourth-order valence-electron chi connectivity index (χ4n) is 2.90. The summed E-state index contributed by atoms with van der Waals surface area (Å²) in [6.45, 7) is 2.22. The fraction of sp³-hybridized carbons (Fsp3) is 0.571. The average Bonchev–Trinajstić information content (AvgIpc) is 2.39. The molecule has 3 rings (SSSR count). The highest BCUT2D eigenvalue weighted by molar-refractivity contribution is 6.30. The van der Waals surface area contributed by atoms with Crippen molar-refractivity contribution in [2.45, 2.75) is 31.1 Å². The number of rotatable bonds is 1. The van der Waals surface area contributed by atoms with Crippen LogP contribution >= 0.6 is 11.6 Å². The van der Waals surface area contributed by atoms with Crippen LogP contribution in [0.25, 0.3) is 0 Å². The fourth-order valence-corrected chi connectivity index (χ4v) is 3.02. The number of fused-ring (bicyclic) bond motifs is 1. The lowest BCUT2D eigenvalue weighted by atomic mass is 9.96. The van der Waals surface area contributed by atoms with Gasteiger partial charge in [0.2, 0.25) is 5.79 Å². The van der Waals surface area contributed by atoms with Crippen molar-refractivity contribution in [2.75, 3.05) is 19.7 Å². The first-order valence-corrected chi connectivity index (χ1v) is 6.92. The molecule has 0 aromatic heterocycles. The van der Waals surface area contributed by atoms with Crippen LogP contribution in [-0.2, 0) is 10.5 Å². The average molecular weight is 268 g/mol. The lowest BCUT2D eigenvalue weighted by molar-refractivity contribution is -0.264. The zero-order valence-electron chi connectivity index (χ0n) is 10.3. The third-order valence-electron chi connectivity index (χ3n) is 3.98. The highest BCUT2D eigenvalue weighted by atomic mass is 35.5. The number of aliphatic hydroxyl groups is 1. The molecule has 0 aliphatic carbocycles. The highest BCUT2D eigenvalue weighted by Gasteiger charge is 2.41. The van der Waals surface area contributed by atoms with Gasteiger partial charge in [-0.15, -0.1) is 0 Å². The van der Waals surface area contributed by atoms with Crippen LogP contribution in [-0.4, -0.2) is 35.7 Å². The van der Waals surface area contributed by atoms with Gasteiger partial charge in [-0.1, -0.05) is 30.2 Å². The van der Waals surface area contributed by atoms with E-state index in [2.05, 4.69) is 4.90 Å². The van der Waals surface area contributed by atoms with Crippen molar-refractivity contribution in [1.29, 1.82) is 0 Å². The third kappa shape index (κ3) is 2.28. The minimum atomic E-state index is -1.18. The van der Waals surface area contributed by atoms with Gasteiger partial charge in [0.1, 0.15) is 0 Å². The van der Waals surface area contributed by atoms with Gasteiger partial charge in [-0.05, 0) is 31.5 Å². The number of nitrogens with zero attached hydrogens (tertiary/aromatic N) is 1. The minimum absolute atomic E-state index is 0.478. The lowest BCUT2D eigenvalue weighted by Crippen LogP contribution is -2.56. The van der Waals surface area contributed by atoms with Crippen molar-refractivity contribution in [1.82, 2.24) is 4.90 Å². The quantitative estimate of drug-likeness (QED) is 0.848. The molecule has 0 radical (unpaired) electrons. The van der Waals surface area contributed by atoms with Crippen LogP contribution in [0, 0.1) is 0 Å². The van der Waals surface area contributed by atoms with Crippen molar-refractivity contribution in [3.8, 4) is 0 Å². The number of ether oxygens (including phenoxy) is 1. The molecule has 2 heterocycles. The summed E-state index contributed by atoms with van der Waals surface area (Å²) in [4.78, 5) is 2.35. The van der Waals surface area contributed by atoms with Crippen LogP contribution in [0.5, 0.6) is 0 Å². The maximum atomic E-state index is 10.7. The monoisotopic (exact) mass is 267 g/mol. The van der Waals surface area contributed by atoms with E-state index in [1.807, 2.05) is 12.1 Å². The van der Waals surface area contributed by atoms with Gasteiger partial charge in [0.15, 0.2) is 0 Å². The molecule has 2 atom stereocenters. The summed E-state index contributed by atoms with van der Waals surface area (Å²) in [6.07, 6.45) is 3.66. The molecule has 4 heteroatoms. The number of halogens is 1. The van der Waals surface area contributed by atoms with Crippen molar-refractivity contribution < 1.29 is 9.84 Å². The number of benzene rings is 1. The van der Waals surface area contributed by atoms with Crippen molar-refractivity contribution in [2.24, 2.45) is 0 Å². The summed E-state index contributed by atoms with van der Waals surface area (Å²) < 4.78 is 5.73. The molecule has 2 unspecified atom stereocenters. The smallest absolute Gasteiger partial charge is 0.205 e. The van der Waals surface area contributed by atoms with Gasteiger partial charge in [0.25, 0.3) is 0 Å². The van der Waals surface area contributed by atoms with E-state index in [0.29, 0.717) is 24.2 Å². The molecule has 3 nitrogen and oxygen atoms in total. The second kappa shape index (κ2) is 4.82. The Morgan fingerprint density at radius 3 is 2.83 bits per heavy atom. The first kappa shape index (κ1) is 12.4. The first-order valence-electron chi connectivity index (χ1n) is 6.54. The summed E-state index contributed by atoms with van der Waals surface area (Å²) in [5.41, 5.74) is 0.788. The van der Waals surface area contributed by atoms with E-state index in [1.165, 1.54) is 19.3 Å². The van der Waals surface area contributed by atoms with Crippen LogP contribution in [0.15, 0.2) is 24.3 Å². The Morgan fingerprint density at radius 2 is 2.06 bits per heavy atom. The summed E-state index contributed by atoms with van der Waals surface area (Å²) in [6, 6.07) is 7.74. The van der Waals surface area contributed by atoms with Crippen LogP contribution in [0.1, 0.15) is 24.8 Å². The van der Waals surface area contributed by atoms with Gasteiger partial charge in [0.05, 0.1) is 13.2 Å². The van der Waals surface area contributed by atoms with Crippen LogP contribution < -0.4 is 0 Å². The molecule has 0 bridgehead atoms. The van der Waals surface area contributed by atoms with E-state index in [1.54, 1.807) is 12.1 Å². The molecule has 0 saturated carbocycles. The van der Waals surface area contributed by atoms with Gasteiger partial charge in [0, 0.05) is 16.6 Å². The molecule has 2 fully saturated rings. The van der Waals surface area contributed by atoms with E-state index < -0.39 is 5.79 Å². The van der Waals surface area contributed by atoms with E-state index >= 15 is 0 Å². The molecular formula is C14H18ClNO2. The predicted molar refractivity (Wildman–Crippen MR) is 70.5 cm³/mol. The zero-order valence-corrected chi connectivity index (χ0v) is 11.1. The van der Waals surface area contributed by atoms with Gasteiger partial charge in [-0.3, -0.25) is 4.90 Å². The van der Waals surface area contributed by atoms with E-state index in [9.17, 15) is 5.11 Å². The van der Waals surface area contributed by atoms with Crippen LogP contribution in [0.3, 0.4) is 0 Å². The number of piperidine rings is 1. The predicted octanol–water partition coefficient (Wildman–Crippen LogP) is 2.37. The van der Waals surface area contributed by atoms with Crippen molar-refractivity contribution in [3.05, 3.63) is 34.9 Å². The standard InChI is InChI=1S/C14H18ClNO2/c15-12-6-4-11(5-7-12)14(17)10-16-8-2-1-3-13(16)9-18-14/h4-7,13,17H,1-3,8-10H2. The number of hydrogen-bond acceptors (Lipinski definition) is 3. The highest BCUT2D eigenvalue weighted by Crippen LogP contribution is 2.33. The van der Waals surface area contributed by atoms with Crippen LogP contribution in [0.2, 0.25) is 5.02 Å². The van der Waals surface area contributed by atoms with Crippen molar-refractivity contribution >= 4 is 11.6 Å². The van der Waals surface area contributed by atoms with Crippen LogP contribution in [0.4, 0.5) is 0 Å². The molecule has 1 aromatic rings. The summed E-state index contributed by atoms with van der Waals surface area (Å²) >= 11 is 5.87. The minimum Gasteiger partial charge on any atom is -0.361 e. The lowest BCUT2D eigenvalue weighted by Gasteiger charge is -2.46. The van der Waals surface area contributed by atoms with Crippen molar-refractivity contribution in [3.63, 3.8) is 0 Å². The molecule has 0 spiro atoms. The molecule has 18 heavy (non-hydrogen) atoms. The zero-order chi connectivity index (χ0) is 12.6. The van der Waals surface area contributed by atoms with Gasteiger partial charge in [-0.2, -0.15) is 0 Å². The molecule has 2 saturated heterocycles. The maximum absolute atomic E-state index is 10.7. The van der Waals surface area contributed by atoms with Gasteiger partial charge < -0.3 is 9.84 Å². The summed E-state index contributed by atoms with van der Waals surface area (Å²) in [5, 5.41) is 11.3. The molecule has 1 aromatic carbocycles. The first-order chi connectivity index (χ1) is 8.67. The third-order valence-corrected chi connectivity index (χ3v) is 4.23. The van der Waals surface area contributed by atoms with Gasteiger partial charge in [-0.25, -0.2) is 0 Å². The Hall–Kier alpha value is -0.610. The molecule has 98 valence electrons. The van der Waals surface area contributed by atoms with E-state index in [4.69, 9.17) is 16.3 Å². The maximum Gasteiger partial charge on any atom is 0.205 e. The normalized spacial score (nSPS) is 33.1. The Labute approximate surface area is 112 Å². The molecule has 2 aliphatic rings. The SMILES string of the molecule is OC1(c2ccc(Cl)cc2)CN2CCCCC2CO1. The number of morpholine rings is 1. The van der Waals surface area contributed by atoms with Gasteiger partial charge >= 0.3 is 0 Å². The Morgan fingerprint density at radius 1 is 1.28 bits per heavy atom.